The summed E-state index contributed by atoms with van der Waals surface area (Å²) in [6.07, 6.45) is 12.8. The van der Waals surface area contributed by atoms with Crippen molar-refractivity contribution in [3.63, 3.8) is 0 Å². The molecule has 1 unspecified atom stereocenters. The maximum atomic E-state index is 8.30. The smallest absolute Gasteiger partial charge is 0.112 e. The molecule has 0 amide bonds. The zero-order valence-corrected chi connectivity index (χ0v) is 87.0. The predicted molar refractivity (Wildman–Crippen MR) is 511 cm³/mol. The van der Waals surface area contributed by atoms with Crippen LogP contribution in [-0.2, 0) is 107 Å². The largest absolute Gasteiger partial charge is 0.305 e. The Hall–Kier alpha value is -9.35. The maximum Gasteiger partial charge on any atom is 0.112 e. The topological polar surface area (TPSA) is 77.3 Å². The average Bonchev–Trinajstić information content (AvgIpc) is 1.54. The van der Waals surface area contributed by atoms with Crippen LogP contribution in [-0.4, -0.2) is 70.3 Å². The van der Waals surface area contributed by atoms with E-state index in [1.807, 2.05) is 158 Å². The van der Waals surface area contributed by atoms with E-state index in [1.165, 1.54) is 93.7 Å². The molecular weight excluding hydrogens is 2480 g/mol. The van der Waals surface area contributed by atoms with E-state index in [1.54, 1.807) is 23.6 Å². The molecule has 6 aromatic heterocycles. The molecule has 16 heteroatoms. The molecule has 11 heterocycles. The summed E-state index contributed by atoms with van der Waals surface area (Å²) in [7, 11) is -9.25. The number of hydrogen-bond acceptors (Lipinski definition) is 6. The molecule has 5 radical (unpaired) electrons. The molecular formula is C108H92Ir5N6Si5-6. The number of nitrogens with zero attached hydrogens (tertiary/aromatic N) is 6. The van der Waals surface area contributed by atoms with Gasteiger partial charge in [-0.05, 0) is 143 Å². The first-order chi connectivity index (χ1) is 60.3. The van der Waals surface area contributed by atoms with Crippen molar-refractivity contribution in [3.05, 3.63) is 395 Å². The van der Waals surface area contributed by atoms with E-state index in [4.69, 9.17) is 18.2 Å². The summed E-state index contributed by atoms with van der Waals surface area (Å²) in [5.41, 5.74) is 25.3. The quantitative estimate of drug-likeness (QED) is 0.117. The number of hydrogen-bond donors (Lipinski definition) is 0. The second-order valence-electron chi connectivity index (χ2n) is 32.9. The number of rotatable bonds is 7. The molecule has 17 aromatic rings. The van der Waals surface area contributed by atoms with Crippen LogP contribution >= 0.6 is 0 Å². The summed E-state index contributed by atoms with van der Waals surface area (Å²) in [6, 6.07) is 121. The van der Waals surface area contributed by atoms with Gasteiger partial charge in [0.15, 0.2) is 0 Å². The van der Waals surface area contributed by atoms with E-state index in [2.05, 4.69) is 273 Å². The molecule has 0 aliphatic carbocycles. The van der Waals surface area contributed by atoms with Crippen LogP contribution in [0.3, 0.4) is 0 Å². The van der Waals surface area contributed by atoms with Crippen molar-refractivity contribution in [1.29, 1.82) is 0 Å². The summed E-state index contributed by atoms with van der Waals surface area (Å²) < 4.78 is 48.2. The summed E-state index contributed by atoms with van der Waals surface area (Å²) in [4.78, 5) is 27.4. The molecule has 0 fully saturated rings. The van der Waals surface area contributed by atoms with Gasteiger partial charge in [0.1, 0.15) is 32.3 Å². The molecule has 625 valence electrons. The van der Waals surface area contributed by atoms with Gasteiger partial charge >= 0.3 is 0 Å². The fourth-order valence-corrected chi connectivity index (χ4v) is 32.8. The van der Waals surface area contributed by atoms with Gasteiger partial charge in [-0.25, -0.2) is 0 Å². The van der Waals surface area contributed by atoms with Crippen molar-refractivity contribution in [2.75, 3.05) is 0 Å². The molecule has 124 heavy (non-hydrogen) atoms. The number of fused-ring (bicyclic) bond motifs is 13. The summed E-state index contributed by atoms with van der Waals surface area (Å²) >= 11 is 0. The van der Waals surface area contributed by atoms with Gasteiger partial charge in [-0.15, -0.1) is 215 Å². The van der Waals surface area contributed by atoms with Crippen LogP contribution in [0.15, 0.2) is 353 Å². The minimum Gasteiger partial charge on any atom is -0.305 e. The first kappa shape index (κ1) is 85.4. The molecule has 5 aliphatic rings. The Labute approximate surface area is 813 Å². The summed E-state index contributed by atoms with van der Waals surface area (Å²) in [5.74, 6) is 0. The van der Waals surface area contributed by atoms with E-state index in [0.717, 1.165) is 83.5 Å². The van der Waals surface area contributed by atoms with Crippen molar-refractivity contribution in [3.8, 4) is 123 Å². The van der Waals surface area contributed by atoms with Gasteiger partial charge in [0.2, 0.25) is 0 Å². The Morgan fingerprint density at radius 3 is 1.18 bits per heavy atom. The first-order valence-corrected chi connectivity index (χ1v) is 55.3. The van der Waals surface area contributed by atoms with Gasteiger partial charge in [-0.1, -0.05) is 249 Å². The standard InChI is InChI=1S/C25H20NSi.3C19H16NSi.C15H16NSi.C11H8N.5Ir/c1-27(2)24-14-7-6-13-21(24)22-17-26-23(16-25(22)27)20-12-8-11-19(15-20)18-9-4-3-5-10-18;1-21(2)18-11-7-6-10-15(18)16-13-20-17(12-19(16)21)14-8-4-3-5-9-14;2*1-21(2)17-11-7-6-10-15(17)16-12-13-20-18(19(16)21)14-8-4-3-5-9-14;1-17(2)9-8-13-11-16-14(10-15(13)17)12-6-4-3-5-7-12;1-2-6-10(7-3-1)11-8-4-5-9-12-11;;;;;/h3-11,13-17H,1-2H3;3*3-8,10-13H,1-2H3;3-6,10-11H,8-9H2,1-2H3;1-6,8-9H;;;;;/q6*-1;;;;;/i;3D,4D,5D;1D3;;;;;;;;. The molecule has 5 aliphatic heterocycles. The van der Waals surface area contributed by atoms with Crippen LogP contribution in [0.25, 0.3) is 123 Å². The summed E-state index contributed by atoms with van der Waals surface area (Å²) in [6.45, 7) is 19.2. The fourth-order valence-electron chi connectivity index (χ4n) is 17.7. The summed E-state index contributed by atoms with van der Waals surface area (Å²) in [5, 5.41) is 12.2. The second-order valence-corrected chi connectivity index (χ2v) is 54.0. The van der Waals surface area contributed by atoms with Gasteiger partial charge in [-0.3, -0.25) is 0 Å². The Kier molecular flexibility index (Phi) is 27.9. The normalized spacial score (nSPS) is 15.2. The Morgan fingerprint density at radius 2 is 0.694 bits per heavy atom. The van der Waals surface area contributed by atoms with Crippen LogP contribution in [0.2, 0.25) is 71.4 Å². The fraction of sp³-hybridized carbons (Fsp3) is 0.111. The molecule has 11 aromatic carbocycles. The van der Waals surface area contributed by atoms with Gasteiger partial charge in [-0.2, -0.15) is 0 Å². The van der Waals surface area contributed by atoms with Gasteiger partial charge in [0.25, 0.3) is 0 Å². The van der Waals surface area contributed by atoms with E-state index in [9.17, 15) is 0 Å². The third kappa shape index (κ3) is 19.0. The van der Waals surface area contributed by atoms with Crippen LogP contribution in [0, 0.1) is 36.4 Å². The molecule has 0 saturated heterocycles. The van der Waals surface area contributed by atoms with Gasteiger partial charge in [0.05, 0.1) is 8.07 Å². The third-order valence-electron chi connectivity index (χ3n) is 23.9. The van der Waals surface area contributed by atoms with Gasteiger partial charge in [0, 0.05) is 145 Å². The van der Waals surface area contributed by atoms with E-state index in [0.29, 0.717) is 5.56 Å². The molecule has 6 nitrogen and oxygen atoms in total. The second kappa shape index (κ2) is 40.5. The Balaban J connectivity index is 0.000000142. The number of pyridine rings is 6. The minimum absolute atomic E-state index is 0. The zero-order valence-electron chi connectivity index (χ0n) is 76.0. The number of aryl methyl sites for hydroxylation is 1. The van der Waals surface area contributed by atoms with Crippen LogP contribution < -0.4 is 46.7 Å². The van der Waals surface area contributed by atoms with Crippen LogP contribution in [0.1, 0.15) is 13.8 Å². The van der Waals surface area contributed by atoms with E-state index < -0.39 is 46.8 Å². The zero-order chi connectivity index (χ0) is 87.0. The maximum absolute atomic E-state index is 8.30. The molecule has 0 saturated carbocycles. The van der Waals surface area contributed by atoms with Crippen molar-refractivity contribution < 1.29 is 109 Å². The molecule has 1 atom stereocenters. The molecule has 0 spiro atoms. The predicted octanol–water partition coefficient (Wildman–Crippen LogP) is 20.6. The molecule has 22 rings (SSSR count). The average molecular weight is 2580 g/mol. The Morgan fingerprint density at radius 1 is 0.282 bits per heavy atom. The molecule has 0 N–H and O–H groups in total. The monoisotopic (exact) mass is 2580 g/mol. The number of aromatic nitrogens is 6. The van der Waals surface area contributed by atoms with Crippen molar-refractivity contribution in [2.24, 2.45) is 0 Å². The van der Waals surface area contributed by atoms with Crippen LogP contribution in [0.5, 0.6) is 0 Å². The van der Waals surface area contributed by atoms with Crippen molar-refractivity contribution in [2.45, 2.75) is 77.9 Å². The third-order valence-corrected chi connectivity index (χ3v) is 41.0. The SMILES string of the molecule is C[Si]1(C)CCc2cnc(-c3[c-]cccc3)cc21.C[Si]1(C)c2ccccc2-c2ccnc(-c3[c-]cccc3)c21.C[Si]1(C)c2ccccc2-c2cnc(-c3[c-]ccc(-c4ccccc4)c3)cc21.[2H]C([2H])([2H])[Si]1(C)c2ccccc2-c2ccnc(-c3[c-]cccc3)c21.[2H]c1[c-]c(-c2cc3c(cn2)-c2ccccc2[Si]3(C)C)cc([2H])c1[2H].[Ir].[Ir].[Ir].[Ir].[Ir].[c-]1ccccc1-c1ccccn1. The molecule has 0 bridgehead atoms. The first-order valence-electron chi connectivity index (χ1n) is 43.6. The minimum atomic E-state index is -2.94. The van der Waals surface area contributed by atoms with Gasteiger partial charge < -0.3 is 29.9 Å². The number of benzene rings is 11. The van der Waals surface area contributed by atoms with E-state index >= 15 is 0 Å². The Bertz CT molecular complexity index is 6810. The van der Waals surface area contributed by atoms with E-state index in [-0.39, 0.29) is 119 Å². The van der Waals surface area contributed by atoms with Crippen LogP contribution in [0.4, 0.5) is 0 Å². The van der Waals surface area contributed by atoms with Crippen molar-refractivity contribution >= 4 is 87.0 Å². The van der Waals surface area contributed by atoms with Crippen molar-refractivity contribution in [1.82, 2.24) is 29.9 Å².